The summed E-state index contributed by atoms with van der Waals surface area (Å²) in [5, 5.41) is 19.6. The Hall–Kier alpha value is -3.90. The van der Waals surface area contributed by atoms with Crippen molar-refractivity contribution in [3.8, 4) is 5.75 Å². The van der Waals surface area contributed by atoms with Gasteiger partial charge in [0.1, 0.15) is 17.3 Å². The largest absolute Gasteiger partial charge is 0.495 e. The monoisotopic (exact) mass is 520 g/mol. The first-order chi connectivity index (χ1) is 17.2. The number of nitrogens with two attached hydrogens (primary N) is 1. The van der Waals surface area contributed by atoms with Crippen LogP contribution in [0, 0.1) is 0 Å². The molecule has 1 aromatic carbocycles. The van der Waals surface area contributed by atoms with E-state index in [0.717, 1.165) is 62.1 Å². The number of nitrogens with one attached hydrogen (secondary N) is 1. The molecule has 1 aliphatic heterocycles. The van der Waals surface area contributed by atoms with E-state index in [1.54, 1.807) is 7.11 Å². The molecule has 12 nitrogen and oxygen atoms in total. The summed E-state index contributed by atoms with van der Waals surface area (Å²) in [7, 11) is 1.68. The molecule has 36 heavy (non-hydrogen) atoms. The first-order valence-electron chi connectivity index (χ1n) is 11.0. The second kappa shape index (κ2) is 14.5. The number of carbonyl (C=O) groups excluding carboxylic acids is 1. The molecule has 2 heterocycles. The molecule has 2 aromatic rings. The maximum absolute atomic E-state index is 11.0. The lowest BCUT2D eigenvalue weighted by molar-refractivity contribution is -0.134. The fraction of sp³-hybridized carbons (Fsp3) is 0.348. The van der Waals surface area contributed by atoms with Crippen molar-refractivity contribution in [1.29, 1.82) is 0 Å². The summed E-state index contributed by atoms with van der Waals surface area (Å²) in [6.45, 7) is 5.63. The van der Waals surface area contributed by atoms with Gasteiger partial charge in [-0.2, -0.15) is 0 Å². The van der Waals surface area contributed by atoms with E-state index in [1.807, 2.05) is 18.2 Å². The van der Waals surface area contributed by atoms with Gasteiger partial charge in [-0.3, -0.25) is 9.69 Å². The van der Waals surface area contributed by atoms with Crippen molar-refractivity contribution in [2.45, 2.75) is 6.42 Å². The first kappa shape index (κ1) is 28.3. The van der Waals surface area contributed by atoms with Crippen LogP contribution in [0.5, 0.6) is 5.75 Å². The molecule has 0 atom stereocenters. The number of ether oxygens (including phenoxy) is 1. The Morgan fingerprint density at radius 3 is 2.31 bits per heavy atom. The number of piperazine rings is 1. The van der Waals surface area contributed by atoms with Gasteiger partial charge in [0.25, 0.3) is 5.91 Å². The van der Waals surface area contributed by atoms with Crippen LogP contribution in [0.25, 0.3) is 0 Å². The molecule has 1 saturated heterocycles. The minimum atomic E-state index is -1.26. The number of hydrogen-bond acceptors (Lipinski definition) is 9. The Bertz CT molecular complexity index is 1040. The van der Waals surface area contributed by atoms with Gasteiger partial charge in [0.15, 0.2) is 0 Å². The summed E-state index contributed by atoms with van der Waals surface area (Å²) >= 11 is 6.15. The third-order valence-corrected chi connectivity index (χ3v) is 5.32. The summed E-state index contributed by atoms with van der Waals surface area (Å²) in [6, 6.07) is 5.72. The van der Waals surface area contributed by atoms with Crippen LogP contribution >= 0.6 is 11.6 Å². The van der Waals surface area contributed by atoms with Crippen molar-refractivity contribution >= 4 is 41.0 Å². The van der Waals surface area contributed by atoms with Crippen molar-refractivity contribution in [2.24, 2.45) is 5.73 Å². The van der Waals surface area contributed by atoms with E-state index in [-0.39, 0.29) is 5.69 Å². The lowest BCUT2D eigenvalue weighted by Crippen LogP contribution is -2.47. The van der Waals surface area contributed by atoms with E-state index in [2.05, 4.69) is 25.1 Å². The highest BCUT2D eigenvalue weighted by atomic mass is 35.5. The molecular weight excluding hydrogens is 492 g/mol. The lowest BCUT2D eigenvalue weighted by Gasteiger charge is -2.36. The van der Waals surface area contributed by atoms with E-state index < -0.39 is 17.8 Å². The van der Waals surface area contributed by atoms with Crippen molar-refractivity contribution in [2.75, 3.05) is 56.6 Å². The van der Waals surface area contributed by atoms with Gasteiger partial charge in [-0.15, -0.1) is 0 Å². The minimum absolute atomic E-state index is 0.166. The molecule has 0 bridgehead atoms. The molecule has 1 aromatic heterocycles. The molecule has 0 spiro atoms. The van der Waals surface area contributed by atoms with E-state index in [4.69, 9.17) is 32.3 Å². The highest BCUT2D eigenvalue weighted by Gasteiger charge is 2.19. The Morgan fingerprint density at radius 1 is 1.11 bits per heavy atom. The number of carbonyl (C=O) groups is 3. The maximum atomic E-state index is 11.0. The van der Waals surface area contributed by atoms with Crippen molar-refractivity contribution < 1.29 is 29.3 Å². The van der Waals surface area contributed by atoms with Crippen LogP contribution in [0.3, 0.4) is 0 Å². The number of hydrogen-bond donors (Lipinski definition) is 4. The van der Waals surface area contributed by atoms with E-state index in [9.17, 15) is 14.4 Å². The van der Waals surface area contributed by atoms with Gasteiger partial charge in [-0.1, -0.05) is 11.6 Å². The Kier molecular flexibility index (Phi) is 11.4. The molecule has 0 unspecified atom stereocenters. The number of amides is 1. The number of nitrogens with zero attached hydrogens (tertiary/aromatic N) is 4. The number of benzene rings is 1. The molecule has 0 aliphatic carbocycles. The first-order valence-corrected chi connectivity index (χ1v) is 11.4. The third-order valence-electron chi connectivity index (χ3n) is 5.08. The van der Waals surface area contributed by atoms with Crippen LogP contribution in [-0.4, -0.2) is 89.3 Å². The number of rotatable bonds is 10. The van der Waals surface area contributed by atoms with Crippen molar-refractivity contribution in [1.82, 2.24) is 14.9 Å². The summed E-state index contributed by atoms with van der Waals surface area (Å²) < 4.78 is 5.46. The Labute approximate surface area is 213 Å². The number of aromatic nitrogens is 2. The topological polar surface area (TPSA) is 171 Å². The molecule has 0 radical (unpaired) electrons. The quantitative estimate of drug-likeness (QED) is 0.264. The third kappa shape index (κ3) is 9.76. The number of carboxylic acids is 2. The molecule has 0 saturated carbocycles. The second-order valence-corrected chi connectivity index (χ2v) is 8.02. The summed E-state index contributed by atoms with van der Waals surface area (Å²) in [5.74, 6) is -1.60. The molecule has 1 aliphatic rings. The fourth-order valence-electron chi connectivity index (χ4n) is 3.33. The molecule has 5 N–H and O–H groups in total. The van der Waals surface area contributed by atoms with Gasteiger partial charge in [0, 0.05) is 49.9 Å². The summed E-state index contributed by atoms with van der Waals surface area (Å²) in [4.78, 5) is 43.0. The van der Waals surface area contributed by atoms with Gasteiger partial charge in [0.05, 0.1) is 25.2 Å². The summed E-state index contributed by atoms with van der Waals surface area (Å²) in [5.41, 5.74) is 6.37. The van der Waals surface area contributed by atoms with Gasteiger partial charge in [-0.25, -0.2) is 19.6 Å². The molecule has 194 valence electrons. The van der Waals surface area contributed by atoms with Crippen LogP contribution in [0.2, 0.25) is 5.02 Å². The highest BCUT2D eigenvalue weighted by Crippen LogP contribution is 2.31. The van der Waals surface area contributed by atoms with Gasteiger partial charge < -0.3 is 30.9 Å². The zero-order valence-corrected chi connectivity index (χ0v) is 20.5. The normalized spacial score (nSPS) is 13.6. The molecule has 1 fully saturated rings. The Balaban J connectivity index is 0.000000493. The van der Waals surface area contributed by atoms with Crippen LogP contribution < -0.4 is 20.7 Å². The average Bonchev–Trinajstić information content (AvgIpc) is 2.86. The number of aliphatic carboxylic acids is 2. The maximum Gasteiger partial charge on any atom is 0.328 e. The summed E-state index contributed by atoms with van der Waals surface area (Å²) in [6.07, 6.45) is 5.01. The molecular formula is C23H29ClN6O6. The molecule has 1 amide bonds. The van der Waals surface area contributed by atoms with Crippen LogP contribution in [0.15, 0.2) is 42.7 Å². The van der Waals surface area contributed by atoms with Crippen molar-refractivity contribution in [3.05, 3.63) is 53.5 Å². The average molecular weight is 521 g/mol. The van der Waals surface area contributed by atoms with E-state index in [0.29, 0.717) is 18.0 Å². The predicted molar refractivity (Wildman–Crippen MR) is 135 cm³/mol. The zero-order valence-electron chi connectivity index (χ0n) is 19.8. The number of primary amides is 1. The standard InChI is InChI=1S/C19H25ClN6O2.C4H4O4/c1-28-17-4-3-14(20)11-16(17)26-9-7-25(8-10-26)6-2-5-22-18-13-23-15(12-24-18)19(21)27;5-3(6)1-2-4(7)8/h3-4,11-13H,2,5-10H2,1H3,(H2,21,27)(H,22,24);1-2H,(H,5,6)(H,7,8)/b;2-1+. The van der Waals surface area contributed by atoms with Gasteiger partial charge in [0.2, 0.25) is 0 Å². The van der Waals surface area contributed by atoms with Crippen molar-refractivity contribution in [3.63, 3.8) is 0 Å². The Morgan fingerprint density at radius 2 is 1.78 bits per heavy atom. The molecule has 3 rings (SSSR count). The van der Waals surface area contributed by atoms with Gasteiger partial charge in [-0.05, 0) is 31.2 Å². The number of anilines is 2. The lowest BCUT2D eigenvalue weighted by atomic mass is 10.2. The van der Waals surface area contributed by atoms with E-state index in [1.165, 1.54) is 12.4 Å². The predicted octanol–water partition coefficient (Wildman–Crippen LogP) is 1.57. The zero-order chi connectivity index (χ0) is 26.5. The van der Waals surface area contributed by atoms with Crippen LogP contribution in [0.4, 0.5) is 11.5 Å². The minimum Gasteiger partial charge on any atom is -0.495 e. The SMILES string of the molecule is COc1ccc(Cl)cc1N1CCN(CCCNc2cnc(C(N)=O)cn2)CC1.O=C(O)/C=C/C(=O)O. The smallest absolute Gasteiger partial charge is 0.328 e. The van der Waals surface area contributed by atoms with Gasteiger partial charge >= 0.3 is 11.9 Å². The van der Waals surface area contributed by atoms with E-state index >= 15 is 0 Å². The number of carboxylic acid groups (broad SMARTS) is 2. The number of halogens is 1. The number of methoxy groups -OCH3 is 1. The highest BCUT2D eigenvalue weighted by molar-refractivity contribution is 6.30. The molecule has 13 heteroatoms. The van der Waals surface area contributed by atoms with Crippen LogP contribution in [0.1, 0.15) is 16.9 Å². The fourth-order valence-corrected chi connectivity index (χ4v) is 3.50. The van der Waals surface area contributed by atoms with Crippen LogP contribution in [-0.2, 0) is 9.59 Å². The second-order valence-electron chi connectivity index (χ2n) is 7.59.